The molecule has 0 atom stereocenters. The van der Waals surface area contributed by atoms with Crippen LogP contribution in [0.15, 0.2) is 30.6 Å². The first-order chi connectivity index (χ1) is 11.0. The van der Waals surface area contributed by atoms with Gasteiger partial charge < -0.3 is 4.74 Å². The highest BCUT2D eigenvalue weighted by molar-refractivity contribution is 6.32. The Hall–Kier alpha value is -2.47. The van der Waals surface area contributed by atoms with Gasteiger partial charge in [0.2, 0.25) is 0 Å². The molecule has 0 unspecified atom stereocenters. The summed E-state index contributed by atoms with van der Waals surface area (Å²) in [5, 5.41) is 0.349. The van der Waals surface area contributed by atoms with Gasteiger partial charge in [-0.2, -0.15) is 0 Å². The fraction of sp³-hybridized carbons (Fsp3) is 0.188. The van der Waals surface area contributed by atoms with Crippen LogP contribution < -0.4 is 0 Å². The van der Waals surface area contributed by atoms with Crippen molar-refractivity contribution >= 4 is 23.2 Å². The number of aromatic nitrogens is 3. The normalized spacial score (nSPS) is 11.0. The quantitative estimate of drug-likeness (QED) is 0.542. The van der Waals surface area contributed by atoms with E-state index in [0.29, 0.717) is 22.1 Å². The summed E-state index contributed by atoms with van der Waals surface area (Å²) in [6, 6.07) is 5.96. The Morgan fingerprint density at radius 2 is 2.04 bits per heavy atom. The number of benzene rings is 1. The summed E-state index contributed by atoms with van der Waals surface area (Å²) in [5.74, 6) is -0.878. The summed E-state index contributed by atoms with van der Waals surface area (Å²) in [7, 11) is 0. The first kappa shape index (κ1) is 15.4. The molecule has 0 aliphatic heterocycles. The maximum Gasteiger partial charge on any atom is 0.360 e. The smallest absolute Gasteiger partial charge is 0.360 e. The maximum atomic E-state index is 13.1. The molecule has 0 aliphatic carbocycles. The lowest BCUT2D eigenvalue weighted by Gasteiger charge is -2.10. The monoisotopic (exact) mass is 333 g/mol. The van der Waals surface area contributed by atoms with Gasteiger partial charge in [-0.25, -0.2) is 19.2 Å². The minimum absolute atomic E-state index is 0.113. The van der Waals surface area contributed by atoms with Gasteiger partial charge in [0.05, 0.1) is 12.3 Å². The number of carbonyl (C=O) groups excluding carboxylic acids is 1. The van der Waals surface area contributed by atoms with Crippen molar-refractivity contribution in [1.82, 2.24) is 14.4 Å². The molecule has 3 aromatic rings. The van der Waals surface area contributed by atoms with Gasteiger partial charge in [0, 0.05) is 5.56 Å². The number of ether oxygens (including phenoxy) is 1. The van der Waals surface area contributed by atoms with Crippen LogP contribution in [-0.2, 0) is 4.74 Å². The Morgan fingerprint density at radius 1 is 1.35 bits per heavy atom. The topological polar surface area (TPSA) is 56.5 Å². The van der Waals surface area contributed by atoms with E-state index >= 15 is 0 Å². The molecule has 0 amide bonds. The zero-order valence-corrected chi connectivity index (χ0v) is 13.3. The van der Waals surface area contributed by atoms with Crippen LogP contribution in [0, 0.1) is 12.7 Å². The van der Waals surface area contributed by atoms with Crippen LogP contribution in [0.3, 0.4) is 0 Å². The van der Waals surface area contributed by atoms with E-state index < -0.39 is 5.97 Å². The number of nitrogens with zero attached hydrogens (tertiary/aromatic N) is 3. The van der Waals surface area contributed by atoms with E-state index in [1.54, 1.807) is 26.0 Å². The van der Waals surface area contributed by atoms with Gasteiger partial charge in [-0.05, 0) is 31.5 Å². The molecule has 0 saturated carbocycles. The second kappa shape index (κ2) is 5.96. The summed E-state index contributed by atoms with van der Waals surface area (Å²) in [6.45, 7) is 3.74. The van der Waals surface area contributed by atoms with Crippen molar-refractivity contribution in [1.29, 1.82) is 0 Å². The minimum atomic E-state index is -0.549. The molecule has 0 N–H and O–H groups in total. The zero-order valence-electron chi connectivity index (χ0n) is 12.5. The van der Waals surface area contributed by atoms with Crippen molar-refractivity contribution in [2.45, 2.75) is 13.8 Å². The van der Waals surface area contributed by atoms with Gasteiger partial charge in [-0.1, -0.05) is 23.7 Å². The number of aryl methyl sites for hydroxylation is 1. The van der Waals surface area contributed by atoms with E-state index in [1.807, 2.05) is 0 Å². The SMILES string of the molecule is CCOC(=O)c1ncn2c(Cl)c(-c3ccc(F)cc3)c(C)nc12. The highest BCUT2D eigenvalue weighted by atomic mass is 35.5. The predicted molar refractivity (Wildman–Crippen MR) is 84.1 cm³/mol. The molecule has 0 saturated heterocycles. The minimum Gasteiger partial charge on any atom is -0.461 e. The number of halogens is 2. The highest BCUT2D eigenvalue weighted by Crippen LogP contribution is 2.31. The number of rotatable bonds is 3. The van der Waals surface area contributed by atoms with Gasteiger partial charge in [0.15, 0.2) is 11.3 Å². The van der Waals surface area contributed by atoms with E-state index in [4.69, 9.17) is 16.3 Å². The van der Waals surface area contributed by atoms with Crippen LogP contribution in [0.25, 0.3) is 16.8 Å². The van der Waals surface area contributed by atoms with E-state index in [-0.39, 0.29) is 18.1 Å². The van der Waals surface area contributed by atoms with Crippen molar-refractivity contribution in [2.75, 3.05) is 6.61 Å². The van der Waals surface area contributed by atoms with E-state index in [0.717, 1.165) is 5.56 Å². The molecule has 5 nitrogen and oxygen atoms in total. The van der Waals surface area contributed by atoms with Crippen molar-refractivity contribution in [2.24, 2.45) is 0 Å². The van der Waals surface area contributed by atoms with Gasteiger partial charge in [0.25, 0.3) is 0 Å². The number of hydrogen-bond donors (Lipinski definition) is 0. The van der Waals surface area contributed by atoms with E-state index in [2.05, 4.69) is 9.97 Å². The standard InChI is InChI=1S/C16H13ClFN3O2/c1-3-23-16(22)13-15-20-9(2)12(14(17)21(15)8-19-13)10-4-6-11(18)7-5-10/h4-8H,3H2,1-2H3. The van der Waals surface area contributed by atoms with Crippen molar-refractivity contribution < 1.29 is 13.9 Å². The number of esters is 1. The lowest BCUT2D eigenvalue weighted by molar-refractivity contribution is 0.0522. The van der Waals surface area contributed by atoms with Gasteiger partial charge in [0.1, 0.15) is 17.3 Å². The zero-order chi connectivity index (χ0) is 16.6. The van der Waals surface area contributed by atoms with Crippen molar-refractivity contribution in [3.63, 3.8) is 0 Å². The third-order valence-corrected chi connectivity index (χ3v) is 3.77. The first-order valence-corrected chi connectivity index (χ1v) is 7.37. The number of hydrogen-bond acceptors (Lipinski definition) is 4. The summed E-state index contributed by atoms with van der Waals surface area (Å²) in [6.07, 6.45) is 1.42. The molecule has 2 aromatic heterocycles. The van der Waals surface area contributed by atoms with Crippen LogP contribution >= 0.6 is 11.6 Å². The van der Waals surface area contributed by atoms with Crippen LogP contribution in [0.4, 0.5) is 4.39 Å². The summed E-state index contributed by atoms with van der Waals surface area (Å²) >= 11 is 6.45. The molecule has 0 bridgehead atoms. The Morgan fingerprint density at radius 3 is 2.70 bits per heavy atom. The summed E-state index contributed by atoms with van der Waals surface area (Å²) in [4.78, 5) is 20.4. The van der Waals surface area contributed by atoms with Crippen LogP contribution in [0.5, 0.6) is 0 Å². The molecule has 1 aromatic carbocycles. The molecule has 0 spiro atoms. The Bertz CT molecular complexity index is 890. The third kappa shape index (κ3) is 2.66. The fourth-order valence-corrected chi connectivity index (χ4v) is 2.73. The fourth-order valence-electron chi connectivity index (χ4n) is 2.36. The largest absolute Gasteiger partial charge is 0.461 e. The average molecular weight is 334 g/mol. The van der Waals surface area contributed by atoms with Crippen molar-refractivity contribution in [3.8, 4) is 11.1 Å². The number of imidazole rings is 1. The molecule has 23 heavy (non-hydrogen) atoms. The number of carbonyl (C=O) groups is 1. The average Bonchev–Trinajstić information content (AvgIpc) is 2.93. The summed E-state index contributed by atoms with van der Waals surface area (Å²) < 4.78 is 19.6. The Labute approximate surface area is 136 Å². The molecular weight excluding hydrogens is 321 g/mol. The van der Waals surface area contributed by atoms with Crippen LogP contribution in [0.1, 0.15) is 23.1 Å². The summed E-state index contributed by atoms with van der Waals surface area (Å²) in [5.41, 5.74) is 2.45. The van der Waals surface area contributed by atoms with Crippen molar-refractivity contribution in [3.05, 3.63) is 53.0 Å². The lowest BCUT2D eigenvalue weighted by Crippen LogP contribution is -2.07. The van der Waals surface area contributed by atoms with E-state index in [9.17, 15) is 9.18 Å². The van der Waals surface area contributed by atoms with Gasteiger partial charge in [-0.15, -0.1) is 0 Å². The maximum absolute atomic E-state index is 13.1. The molecule has 2 heterocycles. The Balaban J connectivity index is 2.19. The first-order valence-electron chi connectivity index (χ1n) is 6.99. The molecule has 118 valence electrons. The Kier molecular flexibility index (Phi) is 4.00. The van der Waals surface area contributed by atoms with E-state index in [1.165, 1.54) is 22.9 Å². The third-order valence-electron chi connectivity index (χ3n) is 3.40. The van der Waals surface area contributed by atoms with Gasteiger partial charge in [-0.3, -0.25) is 4.40 Å². The highest BCUT2D eigenvalue weighted by Gasteiger charge is 2.20. The lowest BCUT2D eigenvalue weighted by atomic mass is 10.1. The van der Waals surface area contributed by atoms with Gasteiger partial charge >= 0.3 is 5.97 Å². The predicted octanol–water partition coefficient (Wildman–Crippen LogP) is 3.67. The van der Waals surface area contributed by atoms with Crippen LogP contribution in [0.2, 0.25) is 5.15 Å². The molecule has 7 heteroatoms. The molecular formula is C16H13ClFN3O2. The van der Waals surface area contributed by atoms with Crippen LogP contribution in [-0.4, -0.2) is 26.9 Å². The number of fused-ring (bicyclic) bond motifs is 1. The molecule has 0 aliphatic rings. The molecule has 0 radical (unpaired) electrons. The second-order valence-corrected chi connectivity index (χ2v) is 5.24. The molecule has 3 rings (SSSR count). The molecule has 0 fully saturated rings. The second-order valence-electron chi connectivity index (χ2n) is 4.88.